The Kier molecular flexibility index (Phi) is 4.74. The lowest BCUT2D eigenvalue weighted by Gasteiger charge is -2.04. The lowest BCUT2D eigenvalue weighted by atomic mass is 10.3. The summed E-state index contributed by atoms with van der Waals surface area (Å²) in [4.78, 5) is 4.23. The first-order chi connectivity index (χ1) is 9.31. The molecule has 0 amide bonds. The Balaban J connectivity index is 1.85. The van der Waals surface area contributed by atoms with E-state index in [1.165, 1.54) is 0 Å². The van der Waals surface area contributed by atoms with Crippen LogP contribution in [0.5, 0.6) is 11.5 Å². The lowest BCUT2D eigenvalue weighted by Crippen LogP contribution is -2.11. The van der Waals surface area contributed by atoms with E-state index >= 15 is 0 Å². The van der Waals surface area contributed by atoms with Crippen molar-refractivity contribution < 1.29 is 14.0 Å². The van der Waals surface area contributed by atoms with Crippen molar-refractivity contribution in [2.75, 3.05) is 20.7 Å². The van der Waals surface area contributed by atoms with E-state index in [1.807, 2.05) is 31.3 Å². The maximum absolute atomic E-state index is 5.54. The van der Waals surface area contributed by atoms with E-state index in [0.717, 1.165) is 24.5 Å². The van der Waals surface area contributed by atoms with Gasteiger partial charge in [-0.3, -0.25) is 0 Å². The molecule has 0 fully saturated rings. The van der Waals surface area contributed by atoms with Crippen LogP contribution in [0.4, 0.5) is 0 Å². The molecule has 0 aliphatic carbocycles. The van der Waals surface area contributed by atoms with Crippen LogP contribution in [-0.4, -0.2) is 30.8 Å². The second-order valence-corrected chi connectivity index (χ2v) is 3.92. The summed E-state index contributed by atoms with van der Waals surface area (Å²) in [6.07, 6.45) is 0.739. The number of rotatable bonds is 7. The highest BCUT2D eigenvalue weighted by atomic mass is 16.5. The Morgan fingerprint density at radius 1 is 1.21 bits per heavy atom. The second kappa shape index (κ2) is 6.75. The van der Waals surface area contributed by atoms with E-state index in [2.05, 4.69) is 15.5 Å². The number of hydrogen-bond donors (Lipinski definition) is 1. The van der Waals surface area contributed by atoms with Crippen molar-refractivity contribution in [3.8, 4) is 11.5 Å². The van der Waals surface area contributed by atoms with Gasteiger partial charge in [0, 0.05) is 13.0 Å². The van der Waals surface area contributed by atoms with Gasteiger partial charge in [0.1, 0.15) is 11.5 Å². The van der Waals surface area contributed by atoms with Crippen molar-refractivity contribution in [1.29, 1.82) is 0 Å². The number of ether oxygens (including phenoxy) is 2. The third-order valence-electron chi connectivity index (χ3n) is 2.53. The zero-order chi connectivity index (χ0) is 13.5. The molecule has 6 heteroatoms. The zero-order valence-corrected chi connectivity index (χ0v) is 11.0. The predicted octanol–water partition coefficient (Wildman–Crippen LogP) is 1.42. The molecule has 2 rings (SSSR count). The van der Waals surface area contributed by atoms with Gasteiger partial charge in [-0.25, -0.2) is 0 Å². The van der Waals surface area contributed by atoms with Crippen LogP contribution in [0.15, 0.2) is 28.8 Å². The summed E-state index contributed by atoms with van der Waals surface area (Å²) in [5, 5.41) is 6.90. The van der Waals surface area contributed by atoms with Gasteiger partial charge in [-0.1, -0.05) is 5.16 Å². The van der Waals surface area contributed by atoms with Crippen LogP contribution in [0.2, 0.25) is 0 Å². The molecular weight excluding hydrogens is 246 g/mol. The maximum atomic E-state index is 5.54. The minimum Gasteiger partial charge on any atom is -0.497 e. The molecule has 1 aromatic heterocycles. The standard InChI is InChI=1S/C13H17N3O3/c1-14-8-7-12-15-13(19-16-12)9-18-11-5-3-10(17-2)4-6-11/h3-6,14H,7-9H2,1-2H3. The molecule has 102 valence electrons. The first-order valence-corrected chi connectivity index (χ1v) is 6.04. The highest BCUT2D eigenvalue weighted by molar-refractivity contribution is 5.31. The number of benzene rings is 1. The first-order valence-electron chi connectivity index (χ1n) is 6.04. The number of hydrogen-bond acceptors (Lipinski definition) is 6. The van der Waals surface area contributed by atoms with Crippen LogP contribution in [0.25, 0.3) is 0 Å². The molecule has 0 bridgehead atoms. The summed E-state index contributed by atoms with van der Waals surface area (Å²) in [6, 6.07) is 7.33. The van der Waals surface area contributed by atoms with E-state index in [1.54, 1.807) is 7.11 Å². The molecular formula is C13H17N3O3. The Morgan fingerprint density at radius 3 is 2.63 bits per heavy atom. The maximum Gasteiger partial charge on any atom is 0.264 e. The Hall–Kier alpha value is -2.08. The van der Waals surface area contributed by atoms with Crippen LogP contribution < -0.4 is 14.8 Å². The average Bonchev–Trinajstić information content (AvgIpc) is 2.91. The van der Waals surface area contributed by atoms with Gasteiger partial charge in [0.2, 0.25) is 0 Å². The van der Waals surface area contributed by atoms with Crippen LogP contribution in [0.1, 0.15) is 11.7 Å². The van der Waals surface area contributed by atoms with E-state index in [9.17, 15) is 0 Å². The molecule has 0 radical (unpaired) electrons. The molecule has 0 unspecified atom stereocenters. The fourth-order valence-electron chi connectivity index (χ4n) is 1.50. The summed E-state index contributed by atoms with van der Waals surface area (Å²) >= 11 is 0. The summed E-state index contributed by atoms with van der Waals surface area (Å²) in [7, 11) is 3.51. The van der Waals surface area contributed by atoms with Crippen molar-refractivity contribution in [2.45, 2.75) is 13.0 Å². The van der Waals surface area contributed by atoms with Gasteiger partial charge in [-0.15, -0.1) is 0 Å². The molecule has 19 heavy (non-hydrogen) atoms. The molecule has 0 aliphatic rings. The van der Waals surface area contributed by atoms with E-state index in [-0.39, 0.29) is 6.61 Å². The minimum atomic E-state index is 0.263. The Morgan fingerprint density at radius 2 is 1.95 bits per heavy atom. The SMILES string of the molecule is CNCCc1noc(COc2ccc(OC)cc2)n1. The van der Waals surface area contributed by atoms with Gasteiger partial charge in [-0.2, -0.15) is 4.98 Å². The number of likely N-dealkylation sites (N-methyl/N-ethyl adjacent to an activating group) is 1. The van der Waals surface area contributed by atoms with Crippen LogP contribution in [-0.2, 0) is 13.0 Å². The highest BCUT2D eigenvalue weighted by Gasteiger charge is 2.06. The molecule has 1 heterocycles. The third kappa shape index (κ3) is 3.96. The fraction of sp³-hybridized carbons (Fsp3) is 0.385. The lowest BCUT2D eigenvalue weighted by molar-refractivity contribution is 0.242. The molecule has 0 aliphatic heterocycles. The number of nitrogens with zero attached hydrogens (tertiary/aromatic N) is 2. The summed E-state index contributed by atoms with van der Waals surface area (Å²) < 4.78 is 15.7. The number of methoxy groups -OCH3 is 1. The second-order valence-electron chi connectivity index (χ2n) is 3.92. The highest BCUT2D eigenvalue weighted by Crippen LogP contribution is 2.17. The largest absolute Gasteiger partial charge is 0.497 e. The molecule has 0 saturated carbocycles. The monoisotopic (exact) mass is 263 g/mol. The normalized spacial score (nSPS) is 10.4. The third-order valence-corrected chi connectivity index (χ3v) is 2.53. The molecule has 6 nitrogen and oxygen atoms in total. The quantitative estimate of drug-likeness (QED) is 0.814. The van der Waals surface area contributed by atoms with Gasteiger partial charge in [0.05, 0.1) is 7.11 Å². The summed E-state index contributed by atoms with van der Waals surface area (Å²) in [6.45, 7) is 1.08. The summed E-state index contributed by atoms with van der Waals surface area (Å²) in [5.41, 5.74) is 0. The topological polar surface area (TPSA) is 69.4 Å². The predicted molar refractivity (Wildman–Crippen MR) is 69.3 cm³/mol. The van der Waals surface area contributed by atoms with Gasteiger partial charge < -0.3 is 19.3 Å². The molecule has 0 atom stereocenters. The molecule has 1 aromatic carbocycles. The van der Waals surface area contributed by atoms with E-state index < -0.39 is 0 Å². The number of nitrogens with one attached hydrogen (secondary N) is 1. The van der Waals surface area contributed by atoms with Gasteiger partial charge in [-0.05, 0) is 31.3 Å². The van der Waals surface area contributed by atoms with Gasteiger partial charge in [0.25, 0.3) is 5.89 Å². The van der Waals surface area contributed by atoms with Gasteiger partial charge >= 0.3 is 0 Å². The molecule has 0 saturated heterocycles. The molecule has 0 spiro atoms. The fourth-order valence-corrected chi connectivity index (χ4v) is 1.50. The summed E-state index contributed by atoms with van der Waals surface area (Å²) in [5.74, 6) is 2.68. The Labute approximate surface area is 111 Å². The van der Waals surface area contributed by atoms with Crippen molar-refractivity contribution in [3.05, 3.63) is 36.0 Å². The molecule has 1 N–H and O–H groups in total. The van der Waals surface area contributed by atoms with Crippen molar-refractivity contribution in [2.24, 2.45) is 0 Å². The average molecular weight is 263 g/mol. The smallest absolute Gasteiger partial charge is 0.264 e. The number of aromatic nitrogens is 2. The van der Waals surface area contributed by atoms with Crippen LogP contribution >= 0.6 is 0 Å². The van der Waals surface area contributed by atoms with Crippen molar-refractivity contribution in [1.82, 2.24) is 15.5 Å². The van der Waals surface area contributed by atoms with E-state index in [4.69, 9.17) is 14.0 Å². The van der Waals surface area contributed by atoms with Crippen LogP contribution in [0, 0.1) is 0 Å². The zero-order valence-electron chi connectivity index (χ0n) is 11.0. The van der Waals surface area contributed by atoms with Gasteiger partial charge in [0.15, 0.2) is 12.4 Å². The molecule has 2 aromatic rings. The Bertz CT molecular complexity index is 496. The first kappa shape index (κ1) is 13.4. The van der Waals surface area contributed by atoms with Crippen LogP contribution in [0.3, 0.4) is 0 Å². The van der Waals surface area contributed by atoms with Crippen molar-refractivity contribution in [3.63, 3.8) is 0 Å². The van der Waals surface area contributed by atoms with Crippen molar-refractivity contribution >= 4 is 0 Å². The van der Waals surface area contributed by atoms with E-state index in [0.29, 0.717) is 11.7 Å². The minimum absolute atomic E-state index is 0.263.